The minimum atomic E-state index is -0.192. The van der Waals surface area contributed by atoms with Gasteiger partial charge in [0.1, 0.15) is 6.10 Å². The number of pyridine rings is 1. The van der Waals surface area contributed by atoms with Crippen molar-refractivity contribution in [3.63, 3.8) is 0 Å². The summed E-state index contributed by atoms with van der Waals surface area (Å²) < 4.78 is 5.37. The molecule has 4 heteroatoms. The van der Waals surface area contributed by atoms with E-state index in [0.29, 0.717) is 5.92 Å². The Morgan fingerprint density at radius 3 is 2.95 bits per heavy atom. The van der Waals surface area contributed by atoms with Crippen LogP contribution in [0.2, 0.25) is 0 Å². The average molecular weight is 295 g/mol. The molecule has 0 radical (unpaired) electrons. The van der Waals surface area contributed by atoms with Crippen molar-refractivity contribution >= 4 is 6.02 Å². The molecule has 0 amide bonds. The standard InChI is InChI=1S/C18H21N3O/c1-12(22-18(19)20)13-7-8-17-14(10-13)4-2-6-16(17)15-5-3-9-21-11-15/h2-6,9,11-13H,7-8,10H2,1H3,(H3,19,20). The van der Waals surface area contributed by atoms with E-state index in [1.807, 2.05) is 19.2 Å². The van der Waals surface area contributed by atoms with Gasteiger partial charge in [0, 0.05) is 23.9 Å². The highest BCUT2D eigenvalue weighted by atomic mass is 16.5. The smallest absolute Gasteiger partial charge is 0.279 e. The third kappa shape index (κ3) is 2.96. The van der Waals surface area contributed by atoms with E-state index >= 15 is 0 Å². The maximum Gasteiger partial charge on any atom is 0.279 e. The molecule has 2 aromatic rings. The lowest BCUT2D eigenvalue weighted by Gasteiger charge is -2.30. The summed E-state index contributed by atoms with van der Waals surface area (Å²) in [4.78, 5) is 4.23. The van der Waals surface area contributed by atoms with Crippen molar-refractivity contribution < 1.29 is 4.74 Å². The van der Waals surface area contributed by atoms with Crippen LogP contribution in [-0.2, 0) is 17.6 Å². The number of fused-ring (bicyclic) bond motifs is 1. The van der Waals surface area contributed by atoms with Crippen LogP contribution in [0, 0.1) is 11.3 Å². The molecule has 3 N–H and O–H groups in total. The van der Waals surface area contributed by atoms with E-state index in [0.717, 1.165) is 19.3 Å². The molecular formula is C18H21N3O. The van der Waals surface area contributed by atoms with E-state index < -0.39 is 0 Å². The fourth-order valence-electron chi connectivity index (χ4n) is 3.33. The number of amidine groups is 1. The number of nitrogens with two attached hydrogens (primary N) is 1. The predicted octanol–water partition coefficient (Wildman–Crippen LogP) is 3.15. The highest BCUT2D eigenvalue weighted by Gasteiger charge is 2.26. The third-order valence-electron chi connectivity index (χ3n) is 4.47. The molecule has 0 saturated carbocycles. The fourth-order valence-corrected chi connectivity index (χ4v) is 3.33. The van der Waals surface area contributed by atoms with Gasteiger partial charge in [-0.05, 0) is 48.9 Å². The van der Waals surface area contributed by atoms with E-state index in [1.54, 1.807) is 6.20 Å². The molecule has 1 aromatic heterocycles. The Hall–Kier alpha value is -2.36. The van der Waals surface area contributed by atoms with Crippen molar-refractivity contribution in [3.8, 4) is 11.1 Å². The minimum Gasteiger partial charge on any atom is -0.462 e. The normalized spacial score (nSPS) is 18.3. The first-order valence-corrected chi connectivity index (χ1v) is 7.67. The molecule has 0 saturated heterocycles. The molecule has 22 heavy (non-hydrogen) atoms. The van der Waals surface area contributed by atoms with Crippen LogP contribution < -0.4 is 5.73 Å². The lowest BCUT2D eigenvalue weighted by Crippen LogP contribution is -2.31. The first kappa shape index (κ1) is 14.6. The zero-order valence-corrected chi connectivity index (χ0v) is 12.8. The zero-order chi connectivity index (χ0) is 15.5. The fraction of sp³-hybridized carbons (Fsp3) is 0.333. The molecule has 1 heterocycles. The predicted molar refractivity (Wildman–Crippen MR) is 87.6 cm³/mol. The number of ether oxygens (including phenoxy) is 1. The van der Waals surface area contributed by atoms with Crippen LogP contribution in [0.25, 0.3) is 11.1 Å². The van der Waals surface area contributed by atoms with Crippen molar-refractivity contribution in [1.82, 2.24) is 4.98 Å². The average Bonchev–Trinajstić information content (AvgIpc) is 2.54. The topological polar surface area (TPSA) is 72.0 Å². The molecule has 4 nitrogen and oxygen atoms in total. The van der Waals surface area contributed by atoms with E-state index in [1.165, 1.54) is 22.3 Å². The highest BCUT2D eigenvalue weighted by molar-refractivity contribution is 5.69. The van der Waals surface area contributed by atoms with Gasteiger partial charge in [-0.25, -0.2) is 0 Å². The van der Waals surface area contributed by atoms with Crippen LogP contribution >= 0.6 is 0 Å². The summed E-state index contributed by atoms with van der Waals surface area (Å²) in [7, 11) is 0. The van der Waals surface area contributed by atoms with Crippen molar-refractivity contribution in [2.75, 3.05) is 0 Å². The Labute approximate surface area is 130 Å². The number of hydrogen-bond acceptors (Lipinski definition) is 3. The third-order valence-corrected chi connectivity index (χ3v) is 4.47. The van der Waals surface area contributed by atoms with E-state index in [9.17, 15) is 0 Å². The Kier molecular flexibility index (Phi) is 4.09. The Balaban J connectivity index is 1.86. The number of aromatic nitrogens is 1. The van der Waals surface area contributed by atoms with Crippen LogP contribution in [0.4, 0.5) is 0 Å². The molecular weight excluding hydrogens is 274 g/mol. The SMILES string of the molecule is CC(OC(=N)N)C1CCc2c(cccc2-c2cccnc2)C1. The monoisotopic (exact) mass is 295 g/mol. The zero-order valence-electron chi connectivity index (χ0n) is 12.8. The van der Waals surface area contributed by atoms with Crippen molar-refractivity contribution in [2.24, 2.45) is 11.7 Å². The highest BCUT2D eigenvalue weighted by Crippen LogP contribution is 2.34. The number of rotatable bonds is 3. The molecule has 0 spiro atoms. The molecule has 0 aliphatic heterocycles. The second-order valence-corrected chi connectivity index (χ2v) is 5.88. The number of benzene rings is 1. The van der Waals surface area contributed by atoms with Gasteiger partial charge in [-0.15, -0.1) is 0 Å². The number of nitrogens with zero attached hydrogens (tertiary/aromatic N) is 1. The minimum absolute atomic E-state index is 0.0206. The Morgan fingerprint density at radius 1 is 1.36 bits per heavy atom. The summed E-state index contributed by atoms with van der Waals surface area (Å²) in [5.41, 5.74) is 10.6. The number of hydrogen-bond donors (Lipinski definition) is 2. The van der Waals surface area contributed by atoms with E-state index in [4.69, 9.17) is 15.9 Å². The lowest BCUT2D eigenvalue weighted by atomic mass is 9.79. The van der Waals surface area contributed by atoms with Crippen molar-refractivity contribution in [1.29, 1.82) is 5.41 Å². The van der Waals surface area contributed by atoms with Gasteiger partial charge in [0.15, 0.2) is 0 Å². The van der Waals surface area contributed by atoms with Crippen LogP contribution in [0.5, 0.6) is 0 Å². The molecule has 1 aliphatic carbocycles. The van der Waals surface area contributed by atoms with E-state index in [2.05, 4.69) is 29.2 Å². The quantitative estimate of drug-likeness (QED) is 0.675. The molecule has 2 unspecified atom stereocenters. The second-order valence-electron chi connectivity index (χ2n) is 5.88. The molecule has 3 rings (SSSR count). The first-order valence-electron chi connectivity index (χ1n) is 7.67. The van der Waals surface area contributed by atoms with Crippen molar-refractivity contribution in [3.05, 3.63) is 53.9 Å². The van der Waals surface area contributed by atoms with Crippen LogP contribution in [0.3, 0.4) is 0 Å². The summed E-state index contributed by atoms with van der Waals surface area (Å²) in [5, 5.41) is 7.28. The van der Waals surface area contributed by atoms with Crippen LogP contribution in [0.15, 0.2) is 42.7 Å². The maximum atomic E-state index is 7.28. The summed E-state index contributed by atoms with van der Waals surface area (Å²) in [6, 6.07) is 10.4. The van der Waals surface area contributed by atoms with Crippen LogP contribution in [-0.4, -0.2) is 17.1 Å². The summed E-state index contributed by atoms with van der Waals surface area (Å²) in [6.07, 6.45) is 6.75. The maximum absolute atomic E-state index is 7.28. The van der Waals surface area contributed by atoms with Gasteiger partial charge in [0.05, 0.1) is 0 Å². The molecule has 2 atom stereocenters. The molecule has 1 aliphatic rings. The summed E-state index contributed by atoms with van der Waals surface area (Å²) >= 11 is 0. The molecule has 1 aromatic carbocycles. The van der Waals surface area contributed by atoms with Gasteiger partial charge in [0.25, 0.3) is 6.02 Å². The molecule has 114 valence electrons. The van der Waals surface area contributed by atoms with Gasteiger partial charge in [0.2, 0.25) is 0 Å². The second kappa shape index (κ2) is 6.18. The van der Waals surface area contributed by atoms with Gasteiger partial charge in [-0.2, -0.15) is 0 Å². The Bertz CT molecular complexity index is 669. The largest absolute Gasteiger partial charge is 0.462 e. The number of nitrogens with one attached hydrogen (secondary N) is 1. The van der Waals surface area contributed by atoms with E-state index in [-0.39, 0.29) is 12.1 Å². The first-order chi connectivity index (χ1) is 10.6. The van der Waals surface area contributed by atoms with Gasteiger partial charge < -0.3 is 10.5 Å². The van der Waals surface area contributed by atoms with Gasteiger partial charge >= 0.3 is 0 Å². The van der Waals surface area contributed by atoms with Gasteiger partial charge in [-0.1, -0.05) is 24.3 Å². The summed E-state index contributed by atoms with van der Waals surface area (Å²) in [6.45, 7) is 2.00. The molecule has 0 bridgehead atoms. The van der Waals surface area contributed by atoms with Crippen LogP contribution in [0.1, 0.15) is 24.5 Å². The summed E-state index contributed by atoms with van der Waals surface area (Å²) in [5.74, 6) is 0.403. The lowest BCUT2D eigenvalue weighted by molar-refractivity contribution is 0.125. The Morgan fingerprint density at radius 2 is 2.23 bits per heavy atom. The molecule has 0 fully saturated rings. The van der Waals surface area contributed by atoms with Crippen molar-refractivity contribution in [2.45, 2.75) is 32.3 Å². The van der Waals surface area contributed by atoms with Gasteiger partial charge in [-0.3, -0.25) is 10.4 Å².